The summed E-state index contributed by atoms with van der Waals surface area (Å²) in [6.07, 6.45) is 1.68. The van der Waals surface area contributed by atoms with Crippen molar-refractivity contribution in [2.24, 2.45) is 5.10 Å². The van der Waals surface area contributed by atoms with Crippen LogP contribution in [0.25, 0.3) is 0 Å². The molecule has 0 radical (unpaired) electrons. The van der Waals surface area contributed by atoms with Crippen molar-refractivity contribution < 1.29 is 0 Å². The Bertz CT molecular complexity index is 622. The number of anilines is 1. The molecule has 0 atom stereocenters. The van der Waals surface area contributed by atoms with Gasteiger partial charge in [0, 0.05) is 10.6 Å². The lowest BCUT2D eigenvalue weighted by Gasteiger charge is -2.05. The highest BCUT2D eigenvalue weighted by Crippen LogP contribution is 2.20. The Labute approximate surface area is 123 Å². The fraction of sp³-hybridized carbons (Fsp3) is 0.133. The number of hydrazone groups is 1. The molecule has 98 valence electrons. The van der Waals surface area contributed by atoms with Gasteiger partial charge in [0.15, 0.2) is 0 Å². The quantitative estimate of drug-likeness (QED) is 0.621. The monoisotopic (exact) mass is 292 g/mol. The van der Waals surface area contributed by atoms with Crippen LogP contribution in [0.3, 0.4) is 0 Å². The van der Waals surface area contributed by atoms with Gasteiger partial charge in [0.1, 0.15) is 0 Å². The highest BCUT2D eigenvalue weighted by molar-refractivity contribution is 6.36. The lowest BCUT2D eigenvalue weighted by atomic mass is 10.1. The normalized spacial score (nSPS) is 10.9. The molecule has 0 unspecified atom stereocenters. The maximum absolute atomic E-state index is 6.06. The van der Waals surface area contributed by atoms with Gasteiger partial charge in [0.05, 0.1) is 16.9 Å². The predicted molar refractivity (Wildman–Crippen MR) is 83.6 cm³/mol. The standard InChI is InChI=1S/C15H14Cl2N2/c1-10-3-6-15(11(2)7-10)19-18-9-12-4-5-13(16)8-14(12)17/h3-9,19H,1-2H3/b18-9+. The zero-order chi connectivity index (χ0) is 13.8. The minimum absolute atomic E-state index is 0.582. The fourth-order valence-corrected chi connectivity index (χ4v) is 2.17. The molecule has 1 N–H and O–H groups in total. The first-order chi connectivity index (χ1) is 9.06. The van der Waals surface area contributed by atoms with Crippen molar-refractivity contribution in [2.75, 3.05) is 5.43 Å². The Kier molecular flexibility index (Phi) is 4.46. The molecule has 2 rings (SSSR count). The highest BCUT2D eigenvalue weighted by Gasteiger charge is 1.99. The van der Waals surface area contributed by atoms with E-state index < -0.39 is 0 Å². The molecule has 2 aromatic carbocycles. The number of nitrogens with zero attached hydrogens (tertiary/aromatic N) is 1. The topological polar surface area (TPSA) is 24.4 Å². The fourth-order valence-electron chi connectivity index (χ4n) is 1.72. The molecule has 0 saturated carbocycles. The van der Waals surface area contributed by atoms with Gasteiger partial charge in [-0.15, -0.1) is 0 Å². The van der Waals surface area contributed by atoms with E-state index in [1.807, 2.05) is 25.1 Å². The Balaban J connectivity index is 2.11. The average molecular weight is 293 g/mol. The SMILES string of the molecule is Cc1ccc(N/N=C/c2ccc(Cl)cc2Cl)c(C)c1. The van der Waals surface area contributed by atoms with Crippen LogP contribution in [0.1, 0.15) is 16.7 Å². The maximum atomic E-state index is 6.06. The third kappa shape index (κ3) is 3.72. The van der Waals surface area contributed by atoms with Crippen molar-refractivity contribution in [3.8, 4) is 0 Å². The van der Waals surface area contributed by atoms with E-state index in [9.17, 15) is 0 Å². The van der Waals surface area contributed by atoms with E-state index >= 15 is 0 Å². The summed E-state index contributed by atoms with van der Waals surface area (Å²) in [5.74, 6) is 0. The van der Waals surface area contributed by atoms with E-state index in [-0.39, 0.29) is 0 Å². The second-order valence-corrected chi connectivity index (χ2v) is 5.20. The summed E-state index contributed by atoms with van der Waals surface area (Å²) in [6.45, 7) is 4.10. The molecule has 0 aliphatic carbocycles. The third-order valence-corrected chi connectivity index (χ3v) is 3.30. The van der Waals surface area contributed by atoms with E-state index in [1.165, 1.54) is 5.56 Å². The summed E-state index contributed by atoms with van der Waals surface area (Å²) in [4.78, 5) is 0. The van der Waals surface area contributed by atoms with Crippen molar-refractivity contribution in [2.45, 2.75) is 13.8 Å². The Morgan fingerprint density at radius 1 is 1.05 bits per heavy atom. The van der Waals surface area contributed by atoms with Crippen molar-refractivity contribution in [3.05, 3.63) is 63.1 Å². The van der Waals surface area contributed by atoms with E-state index in [2.05, 4.69) is 23.5 Å². The van der Waals surface area contributed by atoms with Crippen LogP contribution in [0.4, 0.5) is 5.69 Å². The predicted octanol–water partition coefficient (Wildman–Crippen LogP) is 5.06. The van der Waals surface area contributed by atoms with Crippen LogP contribution in [0, 0.1) is 13.8 Å². The van der Waals surface area contributed by atoms with Crippen LogP contribution in [0.2, 0.25) is 10.0 Å². The van der Waals surface area contributed by atoms with Crippen molar-refractivity contribution >= 4 is 35.1 Å². The van der Waals surface area contributed by atoms with Gasteiger partial charge in [-0.3, -0.25) is 5.43 Å². The average Bonchev–Trinajstić information content (AvgIpc) is 2.34. The molecular formula is C15H14Cl2N2. The largest absolute Gasteiger partial charge is 0.278 e. The number of benzene rings is 2. The minimum Gasteiger partial charge on any atom is -0.278 e. The Hall–Kier alpha value is -1.51. The Morgan fingerprint density at radius 2 is 1.84 bits per heavy atom. The molecule has 0 bridgehead atoms. The number of rotatable bonds is 3. The van der Waals surface area contributed by atoms with Crippen LogP contribution < -0.4 is 5.43 Å². The zero-order valence-electron chi connectivity index (χ0n) is 10.7. The first-order valence-electron chi connectivity index (χ1n) is 5.87. The number of hydrogen-bond donors (Lipinski definition) is 1. The summed E-state index contributed by atoms with van der Waals surface area (Å²) in [5.41, 5.74) is 7.19. The lowest BCUT2D eigenvalue weighted by molar-refractivity contribution is 1.29. The first-order valence-corrected chi connectivity index (χ1v) is 6.63. The number of nitrogens with one attached hydrogen (secondary N) is 1. The number of halogens is 2. The number of hydrogen-bond acceptors (Lipinski definition) is 2. The molecule has 19 heavy (non-hydrogen) atoms. The lowest BCUT2D eigenvalue weighted by Crippen LogP contribution is -1.94. The molecule has 0 spiro atoms. The van der Waals surface area contributed by atoms with Gasteiger partial charge in [0.25, 0.3) is 0 Å². The van der Waals surface area contributed by atoms with Gasteiger partial charge >= 0.3 is 0 Å². The Morgan fingerprint density at radius 3 is 2.53 bits per heavy atom. The summed E-state index contributed by atoms with van der Waals surface area (Å²) in [7, 11) is 0. The minimum atomic E-state index is 0.582. The smallest absolute Gasteiger partial charge is 0.0591 e. The van der Waals surface area contributed by atoms with Gasteiger partial charge in [-0.05, 0) is 37.6 Å². The van der Waals surface area contributed by atoms with Gasteiger partial charge in [0.2, 0.25) is 0 Å². The summed E-state index contributed by atoms with van der Waals surface area (Å²) in [5, 5.41) is 5.39. The maximum Gasteiger partial charge on any atom is 0.0591 e. The van der Waals surface area contributed by atoms with Gasteiger partial charge in [-0.2, -0.15) is 5.10 Å². The van der Waals surface area contributed by atoms with Crippen molar-refractivity contribution in [3.63, 3.8) is 0 Å². The van der Waals surface area contributed by atoms with Crippen LogP contribution >= 0.6 is 23.2 Å². The molecule has 0 fully saturated rings. The molecule has 0 aliphatic rings. The van der Waals surface area contributed by atoms with E-state index in [0.29, 0.717) is 10.0 Å². The number of aryl methyl sites for hydroxylation is 2. The van der Waals surface area contributed by atoms with E-state index in [4.69, 9.17) is 23.2 Å². The molecule has 2 nitrogen and oxygen atoms in total. The van der Waals surface area contributed by atoms with Gasteiger partial charge < -0.3 is 0 Å². The molecule has 0 aliphatic heterocycles. The molecule has 0 amide bonds. The van der Waals surface area contributed by atoms with E-state index in [1.54, 1.807) is 18.3 Å². The van der Waals surface area contributed by atoms with Crippen LogP contribution in [-0.4, -0.2) is 6.21 Å². The van der Waals surface area contributed by atoms with Gasteiger partial charge in [-0.1, -0.05) is 47.0 Å². The highest BCUT2D eigenvalue weighted by atomic mass is 35.5. The third-order valence-electron chi connectivity index (χ3n) is 2.73. The van der Waals surface area contributed by atoms with Crippen molar-refractivity contribution in [1.29, 1.82) is 0 Å². The van der Waals surface area contributed by atoms with Gasteiger partial charge in [-0.25, -0.2) is 0 Å². The first kappa shape index (κ1) is 13.9. The molecular weight excluding hydrogens is 279 g/mol. The summed E-state index contributed by atoms with van der Waals surface area (Å²) < 4.78 is 0. The molecule has 0 aromatic heterocycles. The van der Waals surface area contributed by atoms with E-state index in [0.717, 1.165) is 16.8 Å². The molecule has 4 heteroatoms. The second-order valence-electron chi connectivity index (χ2n) is 4.35. The van der Waals surface area contributed by atoms with Crippen molar-refractivity contribution in [1.82, 2.24) is 0 Å². The zero-order valence-corrected chi connectivity index (χ0v) is 12.3. The van der Waals surface area contributed by atoms with Crippen LogP contribution in [-0.2, 0) is 0 Å². The summed E-state index contributed by atoms with van der Waals surface area (Å²) >= 11 is 11.9. The molecule has 2 aromatic rings. The molecule has 0 heterocycles. The molecule has 0 saturated heterocycles. The van der Waals surface area contributed by atoms with Crippen LogP contribution in [0.5, 0.6) is 0 Å². The van der Waals surface area contributed by atoms with Crippen LogP contribution in [0.15, 0.2) is 41.5 Å². The second kappa shape index (κ2) is 6.09. The summed E-state index contributed by atoms with van der Waals surface area (Å²) in [6, 6.07) is 11.5.